The summed E-state index contributed by atoms with van der Waals surface area (Å²) >= 11 is 0. The molecule has 0 spiro atoms. The van der Waals surface area contributed by atoms with Crippen molar-refractivity contribution in [3.05, 3.63) is 71.4 Å². The van der Waals surface area contributed by atoms with Gasteiger partial charge in [-0.2, -0.15) is 10.4 Å². The fourth-order valence-electron chi connectivity index (χ4n) is 2.24. The largest absolute Gasteiger partial charge is 0.265 e. The van der Waals surface area contributed by atoms with Crippen molar-refractivity contribution >= 4 is 12.2 Å². The van der Waals surface area contributed by atoms with Crippen LogP contribution < -0.4 is 5.01 Å². The second-order valence-corrected chi connectivity index (χ2v) is 5.41. The van der Waals surface area contributed by atoms with Crippen molar-refractivity contribution in [1.29, 1.82) is 5.26 Å². The van der Waals surface area contributed by atoms with Crippen molar-refractivity contribution in [2.75, 3.05) is 12.1 Å². The number of hydrazone groups is 1. The predicted octanol–water partition coefficient (Wildman–Crippen LogP) is 3.19. The van der Waals surface area contributed by atoms with Gasteiger partial charge >= 0.3 is 0 Å². The molecule has 0 saturated carbocycles. The van der Waals surface area contributed by atoms with E-state index in [9.17, 15) is 0 Å². The lowest BCUT2D eigenvalue weighted by molar-refractivity contribution is 0.861. The lowest BCUT2D eigenvalue weighted by atomic mass is 10.1. The van der Waals surface area contributed by atoms with Crippen LogP contribution in [0.3, 0.4) is 0 Å². The van der Waals surface area contributed by atoms with Gasteiger partial charge in [-0.3, -0.25) is 0 Å². The third kappa shape index (κ3) is 3.85. The molecule has 6 heteroatoms. The van der Waals surface area contributed by atoms with Crippen LogP contribution in [-0.2, 0) is 0 Å². The molecule has 122 valence electrons. The zero-order valence-electron chi connectivity index (χ0n) is 14.0. The number of hydrogen-bond donors (Lipinski definition) is 0. The van der Waals surface area contributed by atoms with Crippen LogP contribution in [0.2, 0.25) is 0 Å². The Balaban J connectivity index is 1.78. The third-order valence-electron chi connectivity index (χ3n) is 3.61. The van der Waals surface area contributed by atoms with Gasteiger partial charge in [0.1, 0.15) is 5.69 Å². The third-order valence-corrected chi connectivity index (χ3v) is 3.61. The van der Waals surface area contributed by atoms with Gasteiger partial charge in [0.15, 0.2) is 0 Å². The molecule has 1 aromatic heterocycles. The molecule has 0 amide bonds. The van der Waals surface area contributed by atoms with Gasteiger partial charge in [-0.05, 0) is 24.6 Å². The Morgan fingerprint density at radius 1 is 1.04 bits per heavy atom. The van der Waals surface area contributed by atoms with Gasteiger partial charge in [-0.15, -0.1) is 10.2 Å². The van der Waals surface area contributed by atoms with Crippen molar-refractivity contribution in [3.8, 4) is 17.3 Å². The predicted molar refractivity (Wildman–Crippen MR) is 97.2 cm³/mol. The van der Waals surface area contributed by atoms with Crippen LogP contribution in [0.1, 0.15) is 16.8 Å². The number of rotatable bonds is 4. The molecule has 0 N–H and O–H groups in total. The minimum absolute atomic E-state index is 0.419. The van der Waals surface area contributed by atoms with Crippen LogP contribution in [0.4, 0.5) is 5.95 Å². The minimum Gasteiger partial charge on any atom is -0.234 e. The van der Waals surface area contributed by atoms with E-state index in [1.54, 1.807) is 30.4 Å². The Morgan fingerprint density at radius 3 is 2.40 bits per heavy atom. The van der Waals surface area contributed by atoms with E-state index in [1.807, 2.05) is 49.4 Å². The number of aromatic nitrogens is 3. The summed E-state index contributed by atoms with van der Waals surface area (Å²) in [6.45, 7) is 1.90. The molecule has 0 aliphatic heterocycles. The Kier molecular flexibility index (Phi) is 4.77. The highest BCUT2D eigenvalue weighted by Crippen LogP contribution is 2.19. The van der Waals surface area contributed by atoms with Crippen LogP contribution in [0.25, 0.3) is 11.3 Å². The number of anilines is 1. The summed E-state index contributed by atoms with van der Waals surface area (Å²) in [4.78, 5) is 4.48. The fourth-order valence-corrected chi connectivity index (χ4v) is 2.24. The lowest BCUT2D eigenvalue weighted by Crippen LogP contribution is -2.14. The average Bonchev–Trinajstić information content (AvgIpc) is 2.67. The maximum absolute atomic E-state index is 8.81. The van der Waals surface area contributed by atoms with Crippen LogP contribution in [0, 0.1) is 18.3 Å². The molecule has 2 aromatic carbocycles. The van der Waals surface area contributed by atoms with Crippen LogP contribution in [0.5, 0.6) is 0 Å². The van der Waals surface area contributed by atoms with Crippen molar-refractivity contribution < 1.29 is 0 Å². The van der Waals surface area contributed by atoms with Gasteiger partial charge in [-0.25, -0.2) is 9.99 Å². The second-order valence-electron chi connectivity index (χ2n) is 5.41. The molecule has 6 nitrogen and oxygen atoms in total. The molecule has 0 atom stereocenters. The van der Waals surface area contributed by atoms with Crippen molar-refractivity contribution in [2.45, 2.75) is 6.92 Å². The molecule has 0 unspecified atom stereocenters. The van der Waals surface area contributed by atoms with Gasteiger partial charge in [0, 0.05) is 12.6 Å². The van der Waals surface area contributed by atoms with Gasteiger partial charge < -0.3 is 0 Å². The maximum atomic E-state index is 8.81. The first kappa shape index (κ1) is 16.3. The highest BCUT2D eigenvalue weighted by atomic mass is 15.5. The van der Waals surface area contributed by atoms with E-state index in [0.717, 1.165) is 22.5 Å². The highest BCUT2D eigenvalue weighted by molar-refractivity contribution is 5.80. The van der Waals surface area contributed by atoms with E-state index in [2.05, 4.69) is 26.4 Å². The maximum Gasteiger partial charge on any atom is 0.265 e. The number of benzene rings is 2. The first-order valence-corrected chi connectivity index (χ1v) is 7.72. The van der Waals surface area contributed by atoms with Crippen molar-refractivity contribution in [3.63, 3.8) is 0 Å². The molecule has 0 aliphatic rings. The van der Waals surface area contributed by atoms with E-state index in [4.69, 9.17) is 5.26 Å². The first-order chi connectivity index (χ1) is 12.2. The second kappa shape index (κ2) is 7.32. The quantitative estimate of drug-likeness (QED) is 0.543. The first-order valence-electron chi connectivity index (χ1n) is 7.72. The van der Waals surface area contributed by atoms with Gasteiger partial charge in [0.05, 0.1) is 23.5 Å². The summed E-state index contributed by atoms with van der Waals surface area (Å²) in [5.74, 6) is 0.419. The summed E-state index contributed by atoms with van der Waals surface area (Å²) in [5.41, 5.74) is 4.03. The Hall–Kier alpha value is -3.59. The van der Waals surface area contributed by atoms with E-state index >= 15 is 0 Å². The summed E-state index contributed by atoms with van der Waals surface area (Å²) in [6.07, 6.45) is 1.69. The molecule has 0 aliphatic carbocycles. The van der Waals surface area contributed by atoms with Gasteiger partial charge in [0.25, 0.3) is 5.95 Å². The summed E-state index contributed by atoms with van der Waals surface area (Å²) in [6, 6.07) is 19.1. The molecule has 25 heavy (non-hydrogen) atoms. The van der Waals surface area contributed by atoms with Crippen molar-refractivity contribution in [1.82, 2.24) is 15.2 Å². The van der Waals surface area contributed by atoms with Crippen molar-refractivity contribution in [2.24, 2.45) is 5.10 Å². The molecular weight excluding hydrogens is 312 g/mol. The standard InChI is InChI=1S/C19H16N6/c1-14-18(17-6-4-3-5-7-17)23-24-19(22-14)25(2)21-13-16-10-8-15(12-20)9-11-16/h3-11,13H,1-2H3. The SMILES string of the molecule is Cc1nc(N(C)N=Cc2ccc(C#N)cc2)nnc1-c1ccccc1. The molecular formula is C19H16N6. The fraction of sp³-hybridized carbons (Fsp3) is 0.105. The van der Waals surface area contributed by atoms with E-state index in [0.29, 0.717) is 11.5 Å². The summed E-state index contributed by atoms with van der Waals surface area (Å²) in [5, 5.41) is 23.1. The summed E-state index contributed by atoms with van der Waals surface area (Å²) < 4.78 is 0. The molecule has 0 radical (unpaired) electrons. The van der Waals surface area contributed by atoms with E-state index < -0.39 is 0 Å². The lowest BCUT2D eigenvalue weighted by Gasteiger charge is -2.11. The van der Waals surface area contributed by atoms with E-state index in [-0.39, 0.29) is 0 Å². The number of nitriles is 1. The zero-order chi connectivity index (χ0) is 17.6. The number of nitrogens with zero attached hydrogens (tertiary/aromatic N) is 6. The monoisotopic (exact) mass is 328 g/mol. The van der Waals surface area contributed by atoms with Crippen LogP contribution in [0.15, 0.2) is 59.7 Å². The number of hydrogen-bond acceptors (Lipinski definition) is 6. The normalized spacial score (nSPS) is 10.6. The molecule has 0 saturated heterocycles. The van der Waals surface area contributed by atoms with Gasteiger partial charge in [0.2, 0.25) is 0 Å². The average molecular weight is 328 g/mol. The Morgan fingerprint density at radius 2 is 1.76 bits per heavy atom. The Labute approximate surface area is 146 Å². The molecule has 3 aromatic rings. The smallest absolute Gasteiger partial charge is 0.234 e. The summed E-state index contributed by atoms with van der Waals surface area (Å²) in [7, 11) is 1.76. The highest BCUT2D eigenvalue weighted by Gasteiger charge is 2.09. The Bertz CT molecular complexity index is 926. The number of aryl methyl sites for hydroxylation is 1. The minimum atomic E-state index is 0.419. The van der Waals surface area contributed by atoms with Crippen LogP contribution >= 0.6 is 0 Å². The molecule has 0 bridgehead atoms. The van der Waals surface area contributed by atoms with Crippen LogP contribution in [-0.4, -0.2) is 28.4 Å². The molecule has 1 heterocycles. The van der Waals surface area contributed by atoms with E-state index in [1.165, 1.54) is 0 Å². The zero-order valence-corrected chi connectivity index (χ0v) is 14.0. The molecule has 0 fully saturated rings. The topological polar surface area (TPSA) is 78.1 Å². The molecule has 3 rings (SSSR count). The van der Waals surface area contributed by atoms with Gasteiger partial charge in [-0.1, -0.05) is 42.5 Å².